The van der Waals surface area contributed by atoms with Crippen molar-refractivity contribution in [2.75, 3.05) is 10.2 Å². The van der Waals surface area contributed by atoms with Crippen LogP contribution in [0.5, 0.6) is 0 Å². The number of hydrazine groups is 1. The van der Waals surface area contributed by atoms with E-state index in [2.05, 4.69) is 16.2 Å². The number of carbonyl (C=O) groups is 3. The van der Waals surface area contributed by atoms with E-state index < -0.39 is 11.9 Å². The van der Waals surface area contributed by atoms with Gasteiger partial charge in [0.25, 0.3) is 5.91 Å². The van der Waals surface area contributed by atoms with Crippen LogP contribution in [0, 0.1) is 0 Å². The average Bonchev–Trinajstić information content (AvgIpc) is 2.81. The molecule has 0 saturated carbocycles. The lowest BCUT2D eigenvalue weighted by Gasteiger charge is -2.30. The van der Waals surface area contributed by atoms with Crippen molar-refractivity contribution in [3.63, 3.8) is 0 Å². The smallest absolute Gasteiger partial charge is 0.326 e. The molecule has 8 heteroatoms. The van der Waals surface area contributed by atoms with Crippen molar-refractivity contribution in [1.29, 1.82) is 0 Å². The van der Waals surface area contributed by atoms with Gasteiger partial charge in [-0.25, -0.2) is 10.2 Å². The summed E-state index contributed by atoms with van der Waals surface area (Å²) in [5.41, 5.74) is 7.43. The molecule has 3 N–H and O–H groups in total. The molecule has 0 unspecified atom stereocenters. The van der Waals surface area contributed by atoms with Crippen molar-refractivity contribution in [1.82, 2.24) is 10.9 Å². The van der Waals surface area contributed by atoms with Gasteiger partial charge in [-0.3, -0.25) is 19.9 Å². The van der Waals surface area contributed by atoms with Gasteiger partial charge in [0.15, 0.2) is 0 Å². The molecule has 0 aliphatic carbocycles. The highest BCUT2D eigenvalue weighted by atomic mass is 32.2. The van der Waals surface area contributed by atoms with Gasteiger partial charge in [-0.2, -0.15) is 0 Å². The highest BCUT2D eigenvalue weighted by Gasteiger charge is 2.28. The lowest BCUT2D eigenvalue weighted by atomic mass is 10.2. The minimum absolute atomic E-state index is 0.0720. The minimum Gasteiger partial charge on any atom is -0.326 e. The number of rotatable bonds is 4. The number of para-hydroxylation sites is 2. The summed E-state index contributed by atoms with van der Waals surface area (Å²) >= 11 is 1.59. The van der Waals surface area contributed by atoms with Crippen molar-refractivity contribution in [2.24, 2.45) is 0 Å². The van der Waals surface area contributed by atoms with E-state index in [1.807, 2.05) is 55.5 Å². The largest absolute Gasteiger partial charge is 0.345 e. The molecule has 3 aromatic carbocycles. The van der Waals surface area contributed by atoms with Gasteiger partial charge in [0.05, 0.1) is 11.4 Å². The lowest BCUT2D eigenvalue weighted by molar-refractivity contribution is -0.116. The number of nitrogens with zero attached hydrogens (tertiary/aromatic N) is 1. The number of benzene rings is 3. The normalized spacial score (nSPS) is 11.7. The Morgan fingerprint density at radius 3 is 2.00 bits per heavy atom. The number of carbonyl (C=O) groups excluding carboxylic acids is 3. The zero-order chi connectivity index (χ0) is 22.5. The first kappa shape index (κ1) is 21.5. The Morgan fingerprint density at radius 2 is 1.41 bits per heavy atom. The molecule has 1 aliphatic heterocycles. The van der Waals surface area contributed by atoms with E-state index in [0.29, 0.717) is 17.7 Å². The molecule has 0 radical (unpaired) electrons. The van der Waals surface area contributed by atoms with Crippen molar-refractivity contribution >= 4 is 46.7 Å². The van der Waals surface area contributed by atoms with E-state index >= 15 is 0 Å². The summed E-state index contributed by atoms with van der Waals surface area (Å²) < 4.78 is 0. The Hall–Kier alpha value is -3.78. The third-order valence-corrected chi connectivity index (χ3v) is 5.96. The van der Waals surface area contributed by atoms with Crippen LogP contribution in [0.4, 0.5) is 21.9 Å². The fraction of sp³-hybridized carbons (Fsp3) is 0.125. The average molecular weight is 447 g/mol. The Labute approximate surface area is 190 Å². The van der Waals surface area contributed by atoms with Gasteiger partial charge in [-0.1, -0.05) is 43.0 Å². The molecule has 0 spiro atoms. The first-order valence-corrected chi connectivity index (χ1v) is 11.0. The first-order chi connectivity index (χ1) is 15.6. The molecule has 1 aliphatic rings. The predicted octanol–water partition coefficient (Wildman–Crippen LogP) is 5.08. The second-order valence-corrected chi connectivity index (χ2v) is 8.22. The van der Waals surface area contributed by atoms with Gasteiger partial charge >= 0.3 is 6.03 Å². The zero-order valence-corrected chi connectivity index (χ0v) is 18.2. The minimum atomic E-state index is -0.470. The Morgan fingerprint density at radius 1 is 0.812 bits per heavy atom. The number of anilines is 3. The molecule has 7 nitrogen and oxygen atoms in total. The van der Waals surface area contributed by atoms with Crippen LogP contribution in [0.2, 0.25) is 0 Å². The Kier molecular flexibility index (Phi) is 6.42. The summed E-state index contributed by atoms with van der Waals surface area (Å²) in [6, 6.07) is 21.2. The van der Waals surface area contributed by atoms with E-state index in [1.54, 1.807) is 40.9 Å². The summed E-state index contributed by atoms with van der Waals surface area (Å²) in [4.78, 5) is 40.7. The van der Waals surface area contributed by atoms with Crippen LogP contribution in [0.1, 0.15) is 30.1 Å². The molecule has 1 heterocycles. The number of hydrogen-bond acceptors (Lipinski definition) is 4. The van der Waals surface area contributed by atoms with Crippen LogP contribution >= 0.6 is 11.8 Å². The SMILES string of the molecule is CCCC(=O)Nc1ccc(C(=O)NNC(=O)N2c3ccccc3Sc3ccccc32)cc1. The number of fused-ring (bicyclic) bond motifs is 2. The quantitative estimate of drug-likeness (QED) is 0.487. The van der Waals surface area contributed by atoms with Gasteiger partial charge in [-0.05, 0) is 55.0 Å². The van der Waals surface area contributed by atoms with E-state index in [9.17, 15) is 14.4 Å². The van der Waals surface area contributed by atoms with E-state index in [0.717, 1.165) is 27.6 Å². The molecular formula is C24H22N4O3S. The number of hydrogen-bond donors (Lipinski definition) is 3. The molecule has 0 atom stereocenters. The Balaban J connectivity index is 1.44. The van der Waals surface area contributed by atoms with Crippen molar-refractivity contribution in [2.45, 2.75) is 29.6 Å². The molecular weight excluding hydrogens is 424 g/mol. The van der Waals surface area contributed by atoms with Crippen LogP contribution in [-0.2, 0) is 4.79 Å². The van der Waals surface area contributed by atoms with Gasteiger partial charge in [0.2, 0.25) is 5.91 Å². The summed E-state index contributed by atoms with van der Waals surface area (Å²) in [5.74, 6) is -0.532. The highest BCUT2D eigenvalue weighted by molar-refractivity contribution is 7.99. The second kappa shape index (κ2) is 9.57. The molecule has 32 heavy (non-hydrogen) atoms. The molecule has 3 aromatic rings. The highest BCUT2D eigenvalue weighted by Crippen LogP contribution is 2.47. The van der Waals surface area contributed by atoms with Crippen molar-refractivity contribution in [3.05, 3.63) is 78.4 Å². The molecule has 0 bridgehead atoms. The fourth-order valence-corrected chi connectivity index (χ4v) is 4.38. The topological polar surface area (TPSA) is 90.5 Å². The molecule has 162 valence electrons. The van der Waals surface area contributed by atoms with Crippen LogP contribution in [0.3, 0.4) is 0 Å². The van der Waals surface area contributed by atoms with E-state index in [-0.39, 0.29) is 5.91 Å². The van der Waals surface area contributed by atoms with Gasteiger partial charge in [0, 0.05) is 27.5 Å². The molecule has 0 saturated heterocycles. The maximum absolute atomic E-state index is 13.0. The zero-order valence-electron chi connectivity index (χ0n) is 17.4. The van der Waals surface area contributed by atoms with Crippen LogP contribution in [-0.4, -0.2) is 17.8 Å². The summed E-state index contributed by atoms with van der Waals surface area (Å²) in [7, 11) is 0. The third kappa shape index (κ3) is 4.60. The maximum atomic E-state index is 13.0. The van der Waals surface area contributed by atoms with Crippen molar-refractivity contribution < 1.29 is 14.4 Å². The number of urea groups is 1. The molecule has 0 fully saturated rings. The first-order valence-electron chi connectivity index (χ1n) is 10.2. The van der Waals surface area contributed by atoms with Crippen LogP contribution in [0.25, 0.3) is 0 Å². The fourth-order valence-electron chi connectivity index (χ4n) is 3.32. The standard InChI is InChI=1S/C24H22N4O3S/c1-2-7-22(29)25-17-14-12-16(13-15-17)23(30)26-27-24(31)28-18-8-3-5-10-20(18)32-21-11-6-4-9-19(21)28/h3-6,8-15H,2,7H2,1H3,(H,25,29)(H,26,30)(H,27,31). The van der Waals surface area contributed by atoms with Crippen LogP contribution < -0.4 is 21.1 Å². The molecule has 0 aromatic heterocycles. The maximum Gasteiger partial charge on any atom is 0.345 e. The molecule has 4 amide bonds. The van der Waals surface area contributed by atoms with Gasteiger partial charge in [0.1, 0.15) is 0 Å². The van der Waals surface area contributed by atoms with E-state index in [4.69, 9.17) is 0 Å². The van der Waals surface area contributed by atoms with Gasteiger partial charge in [-0.15, -0.1) is 0 Å². The third-order valence-electron chi connectivity index (χ3n) is 4.83. The second-order valence-electron chi connectivity index (χ2n) is 7.13. The summed E-state index contributed by atoms with van der Waals surface area (Å²) in [6.45, 7) is 1.93. The number of nitrogens with one attached hydrogen (secondary N) is 3. The predicted molar refractivity (Wildman–Crippen MR) is 125 cm³/mol. The monoisotopic (exact) mass is 446 g/mol. The Bertz CT molecular complexity index is 1120. The summed E-state index contributed by atoms with van der Waals surface area (Å²) in [5, 5.41) is 2.77. The lowest BCUT2D eigenvalue weighted by Crippen LogP contribution is -2.48. The van der Waals surface area contributed by atoms with Crippen molar-refractivity contribution in [3.8, 4) is 0 Å². The summed E-state index contributed by atoms with van der Waals surface area (Å²) in [6.07, 6.45) is 1.20. The molecule has 4 rings (SSSR count). The van der Waals surface area contributed by atoms with E-state index in [1.165, 1.54) is 0 Å². The van der Waals surface area contributed by atoms with Crippen LogP contribution in [0.15, 0.2) is 82.6 Å². The number of amides is 4. The van der Waals surface area contributed by atoms with Gasteiger partial charge < -0.3 is 5.32 Å².